The lowest BCUT2D eigenvalue weighted by Gasteiger charge is -2.24. The van der Waals surface area contributed by atoms with Gasteiger partial charge in [0.25, 0.3) is 0 Å². The first kappa shape index (κ1) is 30.3. The van der Waals surface area contributed by atoms with E-state index in [-0.39, 0.29) is 36.7 Å². The van der Waals surface area contributed by atoms with Gasteiger partial charge in [-0.25, -0.2) is 0 Å². The standard InChI is InChI=1S/C24H35IN4O6/c1-15(2)22(29-20(31)7-5-6-12-26-21(32)13-25)24(34)27-16(3)23(33)28-19-10-8-18(9-11-19)14-35-17(4)30/h8-11,15-16,22H,5-7,12-14H2,1-4H3,(H,26,32)(H,27,34)(H,28,33)(H,29,31)/t16-,22?/m0/s1. The Labute approximate surface area is 219 Å². The number of benzene rings is 1. The number of unbranched alkanes of at least 4 members (excludes halogenated alkanes) is 1. The van der Waals surface area contributed by atoms with Crippen molar-refractivity contribution >= 4 is 57.9 Å². The van der Waals surface area contributed by atoms with Gasteiger partial charge in [-0.15, -0.1) is 0 Å². The van der Waals surface area contributed by atoms with Crippen molar-refractivity contribution in [3.63, 3.8) is 0 Å². The summed E-state index contributed by atoms with van der Waals surface area (Å²) >= 11 is 1.98. The van der Waals surface area contributed by atoms with Crippen molar-refractivity contribution in [2.45, 2.75) is 65.6 Å². The van der Waals surface area contributed by atoms with Gasteiger partial charge in [-0.2, -0.15) is 0 Å². The lowest BCUT2D eigenvalue weighted by Crippen LogP contribution is -2.53. The van der Waals surface area contributed by atoms with Crippen LogP contribution < -0.4 is 21.3 Å². The van der Waals surface area contributed by atoms with Gasteiger partial charge in [0.1, 0.15) is 18.7 Å². The number of halogens is 1. The van der Waals surface area contributed by atoms with Gasteiger partial charge in [-0.3, -0.25) is 24.0 Å². The van der Waals surface area contributed by atoms with E-state index in [0.29, 0.717) is 29.5 Å². The molecule has 1 aromatic rings. The molecule has 0 fully saturated rings. The van der Waals surface area contributed by atoms with Gasteiger partial charge in [-0.05, 0) is 43.4 Å². The number of alkyl halides is 1. The van der Waals surface area contributed by atoms with Crippen molar-refractivity contribution < 1.29 is 28.7 Å². The van der Waals surface area contributed by atoms with Crippen LogP contribution in [-0.2, 0) is 35.3 Å². The minimum Gasteiger partial charge on any atom is -0.461 e. The SMILES string of the molecule is CC(=O)OCc1ccc(NC(=O)[C@H](C)NC(=O)C(NC(=O)CCCCNC(=O)CI)C(C)C)cc1. The predicted octanol–water partition coefficient (Wildman–Crippen LogP) is 2.06. The van der Waals surface area contributed by atoms with E-state index in [1.807, 2.05) is 36.4 Å². The zero-order valence-electron chi connectivity index (χ0n) is 20.6. The summed E-state index contributed by atoms with van der Waals surface area (Å²) in [6, 6.07) is 5.19. The average Bonchev–Trinajstić information content (AvgIpc) is 2.81. The highest BCUT2D eigenvalue weighted by Crippen LogP contribution is 2.11. The molecule has 0 radical (unpaired) electrons. The number of amides is 4. The molecule has 1 aromatic carbocycles. The second-order valence-electron chi connectivity index (χ2n) is 8.43. The molecule has 0 aliphatic carbocycles. The quantitative estimate of drug-likeness (QED) is 0.111. The highest BCUT2D eigenvalue weighted by Gasteiger charge is 2.26. The highest BCUT2D eigenvalue weighted by molar-refractivity contribution is 14.1. The maximum atomic E-state index is 12.7. The van der Waals surface area contributed by atoms with Crippen LogP contribution in [0.4, 0.5) is 5.69 Å². The van der Waals surface area contributed by atoms with Crippen LogP contribution in [0.2, 0.25) is 0 Å². The Kier molecular flexibility index (Phi) is 13.9. The van der Waals surface area contributed by atoms with Crippen molar-refractivity contribution in [1.29, 1.82) is 0 Å². The minimum atomic E-state index is -0.831. The number of carbonyl (C=O) groups is 5. The van der Waals surface area contributed by atoms with Gasteiger partial charge in [-0.1, -0.05) is 48.6 Å². The Morgan fingerprint density at radius 1 is 0.914 bits per heavy atom. The highest BCUT2D eigenvalue weighted by atomic mass is 127. The molecule has 194 valence electrons. The number of carbonyl (C=O) groups excluding carboxylic acids is 5. The molecular weight excluding hydrogens is 567 g/mol. The summed E-state index contributed by atoms with van der Waals surface area (Å²) in [5.41, 5.74) is 1.31. The molecule has 0 bridgehead atoms. The maximum absolute atomic E-state index is 12.7. The number of ether oxygens (including phenoxy) is 1. The number of anilines is 1. The predicted molar refractivity (Wildman–Crippen MR) is 141 cm³/mol. The molecule has 0 saturated carbocycles. The van der Waals surface area contributed by atoms with Gasteiger partial charge < -0.3 is 26.0 Å². The Hall–Kier alpha value is -2.70. The number of nitrogens with one attached hydrogen (secondary N) is 4. The van der Waals surface area contributed by atoms with Gasteiger partial charge in [0, 0.05) is 25.6 Å². The summed E-state index contributed by atoms with van der Waals surface area (Å²) in [4.78, 5) is 59.7. The Morgan fingerprint density at radius 3 is 2.14 bits per heavy atom. The fourth-order valence-electron chi connectivity index (χ4n) is 2.95. The smallest absolute Gasteiger partial charge is 0.302 e. The second-order valence-corrected chi connectivity index (χ2v) is 9.19. The fourth-order valence-corrected chi connectivity index (χ4v) is 3.22. The first-order chi connectivity index (χ1) is 16.5. The largest absolute Gasteiger partial charge is 0.461 e. The van der Waals surface area contributed by atoms with E-state index in [4.69, 9.17) is 4.74 Å². The zero-order valence-corrected chi connectivity index (χ0v) is 22.8. The van der Waals surface area contributed by atoms with Crippen molar-refractivity contribution in [3.8, 4) is 0 Å². The van der Waals surface area contributed by atoms with Crippen LogP contribution in [0, 0.1) is 5.92 Å². The van der Waals surface area contributed by atoms with E-state index in [1.54, 1.807) is 31.2 Å². The summed E-state index contributed by atoms with van der Waals surface area (Å²) in [6.07, 6.45) is 1.48. The number of hydrogen-bond donors (Lipinski definition) is 4. The van der Waals surface area contributed by atoms with Crippen LogP contribution in [0.1, 0.15) is 52.5 Å². The molecule has 11 heteroatoms. The Bertz CT molecular complexity index is 875. The van der Waals surface area contributed by atoms with Crippen LogP contribution in [0.5, 0.6) is 0 Å². The van der Waals surface area contributed by atoms with Gasteiger partial charge in [0.2, 0.25) is 23.6 Å². The summed E-state index contributed by atoms with van der Waals surface area (Å²) in [6.45, 7) is 7.17. The second kappa shape index (κ2) is 16.1. The van der Waals surface area contributed by atoms with Crippen molar-refractivity contribution in [3.05, 3.63) is 29.8 Å². The van der Waals surface area contributed by atoms with E-state index in [2.05, 4.69) is 21.3 Å². The molecule has 35 heavy (non-hydrogen) atoms. The third-order valence-electron chi connectivity index (χ3n) is 4.96. The normalized spacial score (nSPS) is 12.3. The first-order valence-electron chi connectivity index (χ1n) is 11.5. The molecule has 0 heterocycles. The van der Waals surface area contributed by atoms with Crippen LogP contribution in [0.15, 0.2) is 24.3 Å². The number of hydrogen-bond acceptors (Lipinski definition) is 6. The Morgan fingerprint density at radius 2 is 1.57 bits per heavy atom. The van der Waals surface area contributed by atoms with Crippen LogP contribution in [0.25, 0.3) is 0 Å². The number of esters is 1. The molecule has 4 amide bonds. The fraction of sp³-hybridized carbons (Fsp3) is 0.542. The topological polar surface area (TPSA) is 143 Å². The molecule has 2 atom stereocenters. The monoisotopic (exact) mass is 602 g/mol. The molecule has 4 N–H and O–H groups in total. The molecule has 0 spiro atoms. The van der Waals surface area contributed by atoms with E-state index in [1.165, 1.54) is 6.92 Å². The van der Waals surface area contributed by atoms with E-state index in [9.17, 15) is 24.0 Å². The molecule has 1 rings (SSSR count). The van der Waals surface area contributed by atoms with E-state index >= 15 is 0 Å². The van der Waals surface area contributed by atoms with Crippen LogP contribution in [0.3, 0.4) is 0 Å². The van der Waals surface area contributed by atoms with Crippen LogP contribution >= 0.6 is 22.6 Å². The summed E-state index contributed by atoms with van der Waals surface area (Å²) in [5.74, 6) is -1.71. The lowest BCUT2D eigenvalue weighted by molar-refractivity contribution is -0.142. The summed E-state index contributed by atoms with van der Waals surface area (Å²) < 4.78 is 5.32. The van der Waals surface area contributed by atoms with E-state index in [0.717, 1.165) is 5.56 Å². The van der Waals surface area contributed by atoms with Gasteiger partial charge >= 0.3 is 5.97 Å². The Balaban J connectivity index is 2.51. The van der Waals surface area contributed by atoms with Crippen molar-refractivity contribution in [2.75, 3.05) is 16.3 Å². The molecule has 0 aliphatic rings. The number of rotatable bonds is 14. The minimum absolute atomic E-state index is 0.0407. The molecular formula is C24H35IN4O6. The maximum Gasteiger partial charge on any atom is 0.302 e. The van der Waals surface area contributed by atoms with Crippen LogP contribution in [-0.4, -0.2) is 52.7 Å². The van der Waals surface area contributed by atoms with Gasteiger partial charge in [0.05, 0.1) is 4.43 Å². The average molecular weight is 602 g/mol. The summed E-state index contributed by atoms with van der Waals surface area (Å²) in [7, 11) is 0. The zero-order chi connectivity index (χ0) is 26.4. The van der Waals surface area contributed by atoms with Crippen molar-refractivity contribution in [1.82, 2.24) is 16.0 Å². The van der Waals surface area contributed by atoms with E-state index < -0.39 is 23.9 Å². The molecule has 1 unspecified atom stereocenters. The molecule has 0 aliphatic heterocycles. The van der Waals surface area contributed by atoms with Gasteiger partial charge in [0.15, 0.2) is 0 Å². The third-order valence-corrected chi connectivity index (χ3v) is 5.65. The molecule has 0 aromatic heterocycles. The van der Waals surface area contributed by atoms with Crippen molar-refractivity contribution in [2.24, 2.45) is 5.92 Å². The lowest BCUT2D eigenvalue weighted by atomic mass is 10.0. The third kappa shape index (κ3) is 12.5. The molecule has 10 nitrogen and oxygen atoms in total. The molecule has 0 saturated heterocycles. The first-order valence-corrected chi connectivity index (χ1v) is 13.0. The summed E-state index contributed by atoms with van der Waals surface area (Å²) in [5, 5.41) is 10.9.